The van der Waals surface area contributed by atoms with E-state index in [-0.39, 0.29) is 11.9 Å². The van der Waals surface area contributed by atoms with E-state index in [2.05, 4.69) is 16.0 Å². The summed E-state index contributed by atoms with van der Waals surface area (Å²) >= 11 is 0. The van der Waals surface area contributed by atoms with Gasteiger partial charge in [0.15, 0.2) is 0 Å². The molecule has 4 rings (SSSR count). The van der Waals surface area contributed by atoms with Crippen molar-refractivity contribution in [1.29, 1.82) is 0 Å². The number of likely N-dealkylation sites (tertiary alicyclic amines) is 1. The van der Waals surface area contributed by atoms with Gasteiger partial charge >= 0.3 is 0 Å². The van der Waals surface area contributed by atoms with Crippen LogP contribution in [0.15, 0.2) is 30.5 Å². The van der Waals surface area contributed by atoms with Crippen molar-refractivity contribution in [2.24, 2.45) is 5.92 Å². The van der Waals surface area contributed by atoms with Gasteiger partial charge in [0.05, 0.1) is 18.8 Å². The molecule has 1 amide bonds. The molecule has 2 aliphatic rings. The van der Waals surface area contributed by atoms with E-state index in [9.17, 15) is 4.79 Å². The van der Waals surface area contributed by atoms with Crippen molar-refractivity contribution in [3.63, 3.8) is 0 Å². The number of nitrogens with zero attached hydrogens (tertiary/aromatic N) is 4. The summed E-state index contributed by atoms with van der Waals surface area (Å²) in [5, 5.41) is 0. The predicted molar refractivity (Wildman–Crippen MR) is 123 cm³/mol. The lowest BCUT2D eigenvalue weighted by atomic mass is 9.86. The van der Waals surface area contributed by atoms with Gasteiger partial charge in [-0.3, -0.25) is 4.79 Å². The van der Waals surface area contributed by atoms with Crippen molar-refractivity contribution in [1.82, 2.24) is 14.9 Å². The smallest absolute Gasteiger partial charge is 0.225 e. The molecule has 1 aliphatic heterocycles. The standard InChI is InChI=1S/C25H34N4O2/c1-28(2)25-26-17-21(19-11-7-12-20(16-19)31-3)24(27-25)22-13-8-14-29(22)23(30)15-18-9-5-4-6-10-18/h7,11-12,16-18,22H,4-6,8-10,13-15H2,1-3H3/t22-/m1/s1. The molecule has 6 nitrogen and oxygen atoms in total. The second-order valence-corrected chi connectivity index (χ2v) is 9.05. The molecule has 1 saturated heterocycles. The number of hydrogen-bond acceptors (Lipinski definition) is 5. The summed E-state index contributed by atoms with van der Waals surface area (Å²) in [6, 6.07) is 8.00. The van der Waals surface area contributed by atoms with Crippen LogP contribution in [0.4, 0.5) is 5.95 Å². The van der Waals surface area contributed by atoms with Gasteiger partial charge in [-0.05, 0) is 49.3 Å². The molecular weight excluding hydrogens is 388 g/mol. The van der Waals surface area contributed by atoms with Crippen molar-refractivity contribution >= 4 is 11.9 Å². The normalized spacial score (nSPS) is 19.5. The highest BCUT2D eigenvalue weighted by Crippen LogP contribution is 2.39. The maximum atomic E-state index is 13.3. The fourth-order valence-corrected chi connectivity index (χ4v) is 4.97. The Morgan fingerprint density at radius 2 is 1.97 bits per heavy atom. The summed E-state index contributed by atoms with van der Waals surface area (Å²) in [4.78, 5) is 26.8. The first-order valence-electron chi connectivity index (χ1n) is 11.5. The average molecular weight is 423 g/mol. The van der Waals surface area contributed by atoms with Gasteiger partial charge in [0.25, 0.3) is 0 Å². The Hall–Kier alpha value is -2.63. The van der Waals surface area contributed by atoms with Gasteiger partial charge in [0.2, 0.25) is 11.9 Å². The Morgan fingerprint density at radius 3 is 2.71 bits per heavy atom. The summed E-state index contributed by atoms with van der Waals surface area (Å²) in [5.74, 6) is 2.31. The zero-order valence-electron chi connectivity index (χ0n) is 19.0. The minimum Gasteiger partial charge on any atom is -0.497 e. The largest absolute Gasteiger partial charge is 0.497 e. The summed E-state index contributed by atoms with van der Waals surface area (Å²) in [6.45, 7) is 0.815. The zero-order chi connectivity index (χ0) is 21.8. The number of carbonyl (C=O) groups is 1. The highest BCUT2D eigenvalue weighted by atomic mass is 16.5. The average Bonchev–Trinajstić information content (AvgIpc) is 3.29. The first-order valence-corrected chi connectivity index (χ1v) is 11.5. The molecule has 1 aromatic heterocycles. The van der Waals surface area contributed by atoms with Crippen molar-refractivity contribution < 1.29 is 9.53 Å². The topological polar surface area (TPSA) is 58.6 Å². The second-order valence-electron chi connectivity index (χ2n) is 9.05. The Morgan fingerprint density at radius 1 is 1.16 bits per heavy atom. The number of methoxy groups -OCH3 is 1. The van der Waals surface area contributed by atoms with Gasteiger partial charge in [-0.15, -0.1) is 0 Å². The van der Waals surface area contributed by atoms with Crippen LogP contribution in [0.5, 0.6) is 5.75 Å². The number of aromatic nitrogens is 2. The van der Waals surface area contributed by atoms with Crippen molar-refractivity contribution in [3.8, 4) is 16.9 Å². The quantitative estimate of drug-likeness (QED) is 0.666. The Kier molecular flexibility index (Phi) is 6.73. The van der Waals surface area contributed by atoms with E-state index in [1.807, 2.05) is 43.4 Å². The van der Waals surface area contributed by atoms with Gasteiger partial charge in [0.1, 0.15) is 5.75 Å². The number of benzene rings is 1. The van der Waals surface area contributed by atoms with Crippen LogP contribution in [0.1, 0.15) is 63.1 Å². The molecule has 1 aliphatic carbocycles. The Labute approximate surface area is 185 Å². The van der Waals surface area contributed by atoms with E-state index in [1.165, 1.54) is 32.1 Å². The third-order valence-corrected chi connectivity index (χ3v) is 6.66. The highest BCUT2D eigenvalue weighted by Gasteiger charge is 2.34. The Bertz CT molecular complexity index is 908. The van der Waals surface area contributed by atoms with E-state index in [1.54, 1.807) is 7.11 Å². The first-order chi connectivity index (χ1) is 15.1. The summed E-state index contributed by atoms with van der Waals surface area (Å²) < 4.78 is 5.43. The molecule has 0 unspecified atom stereocenters. The summed E-state index contributed by atoms with van der Waals surface area (Å²) in [6.07, 6.45) is 10.8. The molecule has 1 saturated carbocycles. The Balaban J connectivity index is 1.66. The van der Waals surface area contributed by atoms with Gasteiger partial charge in [-0.1, -0.05) is 31.4 Å². The molecule has 1 aromatic carbocycles. The van der Waals surface area contributed by atoms with Crippen molar-refractivity contribution in [2.45, 2.75) is 57.4 Å². The summed E-state index contributed by atoms with van der Waals surface area (Å²) in [5.41, 5.74) is 2.94. The lowest BCUT2D eigenvalue weighted by molar-refractivity contribution is -0.133. The monoisotopic (exact) mass is 422 g/mol. The van der Waals surface area contributed by atoms with Crippen LogP contribution in [0.2, 0.25) is 0 Å². The lowest BCUT2D eigenvalue weighted by Crippen LogP contribution is -2.33. The zero-order valence-corrected chi connectivity index (χ0v) is 19.0. The van der Waals surface area contributed by atoms with Crippen molar-refractivity contribution in [2.75, 3.05) is 32.6 Å². The molecule has 0 N–H and O–H groups in total. The fraction of sp³-hybridized carbons (Fsp3) is 0.560. The third-order valence-electron chi connectivity index (χ3n) is 6.66. The number of amides is 1. The van der Waals surface area contributed by atoms with Gasteiger partial charge in [-0.2, -0.15) is 0 Å². The van der Waals surface area contributed by atoms with Crippen LogP contribution in [0, 0.1) is 5.92 Å². The molecule has 0 radical (unpaired) electrons. The summed E-state index contributed by atoms with van der Waals surface area (Å²) in [7, 11) is 5.57. The van der Waals surface area contributed by atoms with Gasteiger partial charge < -0.3 is 14.5 Å². The van der Waals surface area contributed by atoms with E-state index < -0.39 is 0 Å². The molecule has 1 atom stereocenters. The molecule has 166 valence electrons. The number of carbonyl (C=O) groups excluding carboxylic acids is 1. The van der Waals surface area contributed by atoms with Gasteiger partial charge in [-0.25, -0.2) is 9.97 Å². The molecule has 6 heteroatoms. The maximum absolute atomic E-state index is 13.3. The van der Waals surface area contributed by atoms with Crippen LogP contribution in [0.3, 0.4) is 0 Å². The van der Waals surface area contributed by atoms with E-state index in [4.69, 9.17) is 9.72 Å². The molecule has 2 fully saturated rings. The number of anilines is 1. The maximum Gasteiger partial charge on any atom is 0.225 e. The van der Waals surface area contributed by atoms with Crippen LogP contribution >= 0.6 is 0 Å². The van der Waals surface area contributed by atoms with Crippen LogP contribution in [-0.2, 0) is 4.79 Å². The predicted octanol–water partition coefficient (Wildman–Crippen LogP) is 4.85. The minimum absolute atomic E-state index is 0.000934. The second kappa shape index (κ2) is 9.67. The third kappa shape index (κ3) is 4.83. The molecular formula is C25H34N4O2. The van der Waals surface area contributed by atoms with E-state index >= 15 is 0 Å². The van der Waals surface area contributed by atoms with E-state index in [0.29, 0.717) is 18.3 Å². The molecule has 0 bridgehead atoms. The lowest BCUT2D eigenvalue weighted by Gasteiger charge is -2.29. The SMILES string of the molecule is COc1cccc(-c2cnc(N(C)C)nc2[C@H]2CCCN2C(=O)CC2CCCCC2)c1. The van der Waals surface area contributed by atoms with Crippen LogP contribution in [-0.4, -0.2) is 48.5 Å². The molecule has 0 spiro atoms. The molecule has 2 heterocycles. The van der Waals surface area contributed by atoms with Crippen LogP contribution in [0.25, 0.3) is 11.1 Å². The molecule has 2 aromatic rings. The van der Waals surface area contributed by atoms with Crippen molar-refractivity contribution in [3.05, 3.63) is 36.2 Å². The highest BCUT2D eigenvalue weighted by molar-refractivity contribution is 5.78. The van der Waals surface area contributed by atoms with Gasteiger partial charge in [0, 0.05) is 38.8 Å². The first kappa shape index (κ1) is 21.6. The van der Waals surface area contributed by atoms with E-state index in [0.717, 1.165) is 42.0 Å². The minimum atomic E-state index is -0.000934. The fourth-order valence-electron chi connectivity index (χ4n) is 4.97. The number of ether oxygens (including phenoxy) is 1. The molecule has 31 heavy (non-hydrogen) atoms. The number of rotatable bonds is 6. The number of hydrogen-bond donors (Lipinski definition) is 0. The van der Waals surface area contributed by atoms with Crippen LogP contribution < -0.4 is 9.64 Å².